The minimum absolute atomic E-state index is 0.278. The fourth-order valence-electron chi connectivity index (χ4n) is 2.11. The summed E-state index contributed by atoms with van der Waals surface area (Å²) in [4.78, 5) is 12.1. The van der Waals surface area contributed by atoms with Crippen molar-refractivity contribution >= 4 is 17.2 Å². The van der Waals surface area contributed by atoms with E-state index in [4.69, 9.17) is 15.8 Å². The Bertz CT molecular complexity index is 693. The maximum Gasteiger partial charge on any atom is 0.275 e. The SMILES string of the molecule is Cc1cc(C#N)cc(C)c1OCc1ccsc1C(=O)NN. The Morgan fingerprint density at radius 3 is 2.67 bits per heavy atom. The number of nitriles is 1. The molecule has 1 aromatic carbocycles. The predicted molar refractivity (Wildman–Crippen MR) is 80.9 cm³/mol. The van der Waals surface area contributed by atoms with Crippen molar-refractivity contribution in [1.82, 2.24) is 5.43 Å². The van der Waals surface area contributed by atoms with Crippen molar-refractivity contribution in [2.75, 3.05) is 0 Å². The van der Waals surface area contributed by atoms with Gasteiger partial charge in [0, 0.05) is 5.56 Å². The molecule has 6 heteroatoms. The van der Waals surface area contributed by atoms with E-state index < -0.39 is 0 Å². The predicted octanol–water partition coefficient (Wildman–Crippen LogP) is 2.42. The van der Waals surface area contributed by atoms with Gasteiger partial charge in [0.1, 0.15) is 12.4 Å². The number of thiophene rings is 1. The summed E-state index contributed by atoms with van der Waals surface area (Å²) in [5, 5.41) is 10.8. The highest BCUT2D eigenvalue weighted by atomic mass is 32.1. The van der Waals surface area contributed by atoms with Crippen molar-refractivity contribution in [2.24, 2.45) is 5.84 Å². The van der Waals surface area contributed by atoms with Crippen molar-refractivity contribution in [2.45, 2.75) is 20.5 Å². The highest BCUT2D eigenvalue weighted by Gasteiger charge is 2.13. The lowest BCUT2D eigenvalue weighted by Gasteiger charge is -2.12. The molecule has 0 unspecified atom stereocenters. The third-order valence-corrected chi connectivity index (χ3v) is 4.00. The smallest absolute Gasteiger partial charge is 0.275 e. The quantitative estimate of drug-likeness (QED) is 0.515. The highest BCUT2D eigenvalue weighted by molar-refractivity contribution is 7.12. The van der Waals surface area contributed by atoms with Gasteiger partial charge in [-0.3, -0.25) is 10.2 Å². The standard InChI is InChI=1S/C15H15N3O2S/c1-9-5-11(7-16)6-10(2)13(9)20-8-12-3-4-21-14(12)15(19)18-17/h3-6H,8,17H2,1-2H3,(H,18,19). The second kappa shape index (κ2) is 6.39. The Labute approximate surface area is 126 Å². The molecule has 0 bridgehead atoms. The number of benzene rings is 1. The number of nitrogens with one attached hydrogen (secondary N) is 1. The van der Waals surface area contributed by atoms with Gasteiger partial charge in [-0.1, -0.05) is 0 Å². The number of nitrogens with zero attached hydrogens (tertiary/aromatic N) is 1. The molecule has 2 rings (SSSR count). The molecule has 2 aromatic rings. The lowest BCUT2D eigenvalue weighted by atomic mass is 10.1. The number of amides is 1. The fraction of sp³-hybridized carbons (Fsp3) is 0.200. The third kappa shape index (κ3) is 3.21. The maximum atomic E-state index is 11.6. The molecule has 0 spiro atoms. The maximum absolute atomic E-state index is 11.6. The van der Waals surface area contributed by atoms with Crippen molar-refractivity contribution in [1.29, 1.82) is 5.26 Å². The normalized spacial score (nSPS) is 10.0. The van der Waals surface area contributed by atoms with Crippen LogP contribution in [0, 0.1) is 25.2 Å². The number of hydrazine groups is 1. The monoisotopic (exact) mass is 301 g/mol. The number of carbonyl (C=O) groups excluding carboxylic acids is 1. The van der Waals surface area contributed by atoms with Crippen LogP contribution in [-0.4, -0.2) is 5.91 Å². The van der Waals surface area contributed by atoms with E-state index in [1.165, 1.54) is 11.3 Å². The molecule has 1 amide bonds. The molecule has 5 nitrogen and oxygen atoms in total. The van der Waals surface area contributed by atoms with Gasteiger partial charge < -0.3 is 4.74 Å². The molecule has 0 atom stereocenters. The average molecular weight is 301 g/mol. The molecule has 21 heavy (non-hydrogen) atoms. The molecule has 0 saturated carbocycles. The molecular formula is C15H15N3O2S. The van der Waals surface area contributed by atoms with Crippen molar-refractivity contribution in [3.8, 4) is 11.8 Å². The van der Waals surface area contributed by atoms with Gasteiger partial charge in [-0.25, -0.2) is 5.84 Å². The summed E-state index contributed by atoms with van der Waals surface area (Å²) in [6.45, 7) is 4.06. The first-order valence-corrected chi connectivity index (χ1v) is 7.16. The number of aryl methyl sites for hydroxylation is 2. The second-order valence-corrected chi connectivity index (χ2v) is 5.50. The lowest BCUT2D eigenvalue weighted by molar-refractivity contribution is 0.0955. The van der Waals surface area contributed by atoms with Crippen LogP contribution in [0.1, 0.15) is 31.9 Å². The summed E-state index contributed by atoms with van der Waals surface area (Å²) in [6.07, 6.45) is 0. The summed E-state index contributed by atoms with van der Waals surface area (Å²) >= 11 is 1.32. The molecule has 3 N–H and O–H groups in total. The van der Waals surface area contributed by atoms with E-state index in [0.29, 0.717) is 10.4 Å². The highest BCUT2D eigenvalue weighted by Crippen LogP contribution is 2.26. The summed E-state index contributed by atoms with van der Waals surface area (Å²) in [5.41, 5.74) is 5.30. The van der Waals surface area contributed by atoms with Crippen LogP contribution in [0.2, 0.25) is 0 Å². The summed E-state index contributed by atoms with van der Waals surface area (Å²) < 4.78 is 5.82. The van der Waals surface area contributed by atoms with Crippen LogP contribution in [0.5, 0.6) is 5.75 Å². The van der Waals surface area contributed by atoms with E-state index in [0.717, 1.165) is 22.4 Å². The Morgan fingerprint density at radius 2 is 2.10 bits per heavy atom. The van der Waals surface area contributed by atoms with Crippen LogP contribution < -0.4 is 16.0 Å². The van der Waals surface area contributed by atoms with Crippen LogP contribution in [0.3, 0.4) is 0 Å². The average Bonchev–Trinajstić information content (AvgIpc) is 2.93. The van der Waals surface area contributed by atoms with Crippen LogP contribution in [0.4, 0.5) is 0 Å². The Balaban J connectivity index is 2.20. The molecule has 0 radical (unpaired) electrons. The number of nitrogen functional groups attached to an aromatic ring is 1. The van der Waals surface area contributed by atoms with E-state index in [1.807, 2.05) is 25.3 Å². The largest absolute Gasteiger partial charge is 0.488 e. The van der Waals surface area contributed by atoms with Gasteiger partial charge in [-0.15, -0.1) is 11.3 Å². The van der Waals surface area contributed by atoms with Crippen LogP contribution >= 0.6 is 11.3 Å². The van der Waals surface area contributed by atoms with E-state index in [9.17, 15) is 4.79 Å². The van der Waals surface area contributed by atoms with Gasteiger partial charge >= 0.3 is 0 Å². The molecule has 0 fully saturated rings. The third-order valence-electron chi connectivity index (χ3n) is 3.05. The van der Waals surface area contributed by atoms with Crippen molar-refractivity contribution in [3.05, 3.63) is 50.7 Å². The molecular weight excluding hydrogens is 286 g/mol. The minimum Gasteiger partial charge on any atom is -0.488 e. The zero-order valence-corrected chi connectivity index (χ0v) is 12.6. The Hall–Kier alpha value is -2.36. The summed E-state index contributed by atoms with van der Waals surface area (Å²) in [7, 11) is 0. The fourth-order valence-corrected chi connectivity index (χ4v) is 2.92. The number of ether oxygens (including phenoxy) is 1. The number of hydrogen-bond donors (Lipinski definition) is 2. The van der Waals surface area contributed by atoms with Crippen LogP contribution in [-0.2, 0) is 6.61 Å². The minimum atomic E-state index is -0.322. The van der Waals surface area contributed by atoms with E-state index in [2.05, 4.69) is 11.5 Å². The number of carbonyl (C=O) groups is 1. The zero-order chi connectivity index (χ0) is 15.4. The second-order valence-electron chi connectivity index (χ2n) is 4.59. The Morgan fingerprint density at radius 1 is 1.43 bits per heavy atom. The molecule has 0 saturated heterocycles. The molecule has 1 aromatic heterocycles. The van der Waals surface area contributed by atoms with Gasteiger partial charge in [0.25, 0.3) is 5.91 Å². The lowest BCUT2D eigenvalue weighted by Crippen LogP contribution is -2.30. The summed E-state index contributed by atoms with van der Waals surface area (Å²) in [6, 6.07) is 7.52. The van der Waals surface area contributed by atoms with Crippen molar-refractivity contribution < 1.29 is 9.53 Å². The van der Waals surface area contributed by atoms with Gasteiger partial charge in [0.2, 0.25) is 0 Å². The number of rotatable bonds is 4. The van der Waals surface area contributed by atoms with Crippen LogP contribution in [0.25, 0.3) is 0 Å². The molecule has 0 aliphatic heterocycles. The first-order chi connectivity index (χ1) is 10.1. The Kier molecular flexibility index (Phi) is 4.58. The van der Waals surface area contributed by atoms with Gasteiger partial charge in [-0.05, 0) is 48.6 Å². The molecule has 0 aliphatic carbocycles. The first kappa shape index (κ1) is 15.0. The molecule has 108 valence electrons. The molecule has 0 aliphatic rings. The molecule has 1 heterocycles. The van der Waals surface area contributed by atoms with Crippen LogP contribution in [0.15, 0.2) is 23.6 Å². The number of nitrogens with two attached hydrogens (primary N) is 1. The zero-order valence-electron chi connectivity index (χ0n) is 11.8. The van der Waals surface area contributed by atoms with Gasteiger partial charge in [0.15, 0.2) is 0 Å². The first-order valence-electron chi connectivity index (χ1n) is 6.28. The summed E-state index contributed by atoms with van der Waals surface area (Å²) in [5.74, 6) is 5.57. The van der Waals surface area contributed by atoms with Crippen molar-refractivity contribution in [3.63, 3.8) is 0 Å². The van der Waals surface area contributed by atoms with E-state index >= 15 is 0 Å². The topological polar surface area (TPSA) is 88.1 Å². The van der Waals surface area contributed by atoms with Gasteiger partial charge in [0.05, 0.1) is 16.5 Å². The van der Waals surface area contributed by atoms with E-state index in [-0.39, 0.29) is 12.5 Å². The van der Waals surface area contributed by atoms with E-state index in [1.54, 1.807) is 12.1 Å². The number of hydrogen-bond acceptors (Lipinski definition) is 5. The van der Waals surface area contributed by atoms with Gasteiger partial charge in [-0.2, -0.15) is 5.26 Å².